The smallest absolute Gasteiger partial charge is 0.314 e. The summed E-state index contributed by atoms with van der Waals surface area (Å²) in [4.78, 5) is 12.1. The van der Waals surface area contributed by atoms with E-state index in [-0.39, 0.29) is 11.4 Å². The average molecular weight is 332 g/mol. The van der Waals surface area contributed by atoms with Crippen LogP contribution in [-0.4, -0.2) is 36.9 Å². The summed E-state index contributed by atoms with van der Waals surface area (Å²) in [6.07, 6.45) is 7.03. The van der Waals surface area contributed by atoms with Gasteiger partial charge in [0.15, 0.2) is 0 Å². The minimum atomic E-state index is -0.689. The summed E-state index contributed by atoms with van der Waals surface area (Å²) in [5, 5.41) is 15.9. The lowest BCUT2D eigenvalue weighted by molar-refractivity contribution is -0.0290. The van der Waals surface area contributed by atoms with Crippen molar-refractivity contribution in [1.82, 2.24) is 10.6 Å². The van der Waals surface area contributed by atoms with Crippen molar-refractivity contribution in [3.63, 3.8) is 0 Å². The number of rotatable bonds is 6. The zero-order chi connectivity index (χ0) is 17.0. The van der Waals surface area contributed by atoms with E-state index in [0.717, 1.165) is 37.9 Å². The van der Waals surface area contributed by atoms with Gasteiger partial charge >= 0.3 is 6.03 Å². The molecule has 0 aliphatic heterocycles. The monoisotopic (exact) mass is 332 g/mol. The van der Waals surface area contributed by atoms with Crippen LogP contribution in [0.4, 0.5) is 4.79 Å². The summed E-state index contributed by atoms with van der Waals surface area (Å²) in [6.45, 7) is 0.929. The molecular formula is C19H28N2O3. The van der Waals surface area contributed by atoms with Crippen LogP contribution in [0.25, 0.3) is 0 Å². The Morgan fingerprint density at radius 2 is 1.75 bits per heavy atom. The van der Waals surface area contributed by atoms with E-state index in [9.17, 15) is 9.90 Å². The summed E-state index contributed by atoms with van der Waals surface area (Å²) in [5.41, 5.74) is 0.436. The van der Waals surface area contributed by atoms with E-state index in [4.69, 9.17) is 4.74 Å². The first-order valence-corrected chi connectivity index (χ1v) is 8.95. The number of hydrogen-bond acceptors (Lipinski definition) is 3. The molecule has 5 nitrogen and oxygen atoms in total. The first-order valence-electron chi connectivity index (χ1n) is 8.95. The van der Waals surface area contributed by atoms with Crippen LogP contribution in [0.2, 0.25) is 0 Å². The van der Waals surface area contributed by atoms with E-state index in [1.54, 1.807) is 7.11 Å². The molecular weight excluding hydrogens is 304 g/mol. The Bertz CT molecular complexity index is 578. The third kappa shape index (κ3) is 3.51. The van der Waals surface area contributed by atoms with Gasteiger partial charge in [0.2, 0.25) is 0 Å². The maximum atomic E-state index is 12.1. The van der Waals surface area contributed by atoms with Crippen LogP contribution in [-0.2, 0) is 5.41 Å². The Hall–Kier alpha value is -1.75. The molecule has 3 N–H and O–H groups in total. The number of urea groups is 1. The molecule has 0 saturated heterocycles. The molecule has 0 bridgehead atoms. The number of para-hydroxylation sites is 1. The van der Waals surface area contributed by atoms with Crippen LogP contribution in [0.5, 0.6) is 5.75 Å². The van der Waals surface area contributed by atoms with E-state index < -0.39 is 5.60 Å². The second kappa shape index (κ2) is 7.01. The summed E-state index contributed by atoms with van der Waals surface area (Å²) in [7, 11) is 1.70. The summed E-state index contributed by atoms with van der Waals surface area (Å²) >= 11 is 0. The molecule has 2 amide bonds. The maximum absolute atomic E-state index is 12.1. The minimum absolute atomic E-state index is 0.0582. The molecule has 1 aromatic rings. The Morgan fingerprint density at radius 1 is 1.08 bits per heavy atom. The maximum Gasteiger partial charge on any atom is 0.314 e. The van der Waals surface area contributed by atoms with Crippen LogP contribution in [0.15, 0.2) is 24.3 Å². The predicted molar refractivity (Wildman–Crippen MR) is 93.3 cm³/mol. The van der Waals surface area contributed by atoms with Gasteiger partial charge in [-0.2, -0.15) is 0 Å². The van der Waals surface area contributed by atoms with E-state index in [1.165, 1.54) is 18.4 Å². The highest BCUT2D eigenvalue weighted by Gasteiger charge is 2.38. The Balaban J connectivity index is 1.62. The SMILES string of the molecule is COc1ccccc1C1(CNC(=O)NCC2(O)CCC2)CCCC1. The number of benzene rings is 1. The van der Waals surface area contributed by atoms with Crippen molar-refractivity contribution in [1.29, 1.82) is 0 Å². The first kappa shape index (κ1) is 17.1. The highest BCUT2D eigenvalue weighted by molar-refractivity contribution is 5.74. The van der Waals surface area contributed by atoms with Gasteiger partial charge in [0, 0.05) is 24.1 Å². The van der Waals surface area contributed by atoms with Gasteiger partial charge in [0.05, 0.1) is 12.7 Å². The molecule has 0 spiro atoms. The van der Waals surface area contributed by atoms with Gasteiger partial charge in [-0.05, 0) is 38.2 Å². The average Bonchev–Trinajstić information content (AvgIpc) is 3.06. The van der Waals surface area contributed by atoms with Gasteiger partial charge in [0.25, 0.3) is 0 Å². The molecule has 0 atom stereocenters. The van der Waals surface area contributed by atoms with E-state index >= 15 is 0 Å². The molecule has 0 aromatic heterocycles. The number of ether oxygens (including phenoxy) is 1. The molecule has 3 rings (SSSR count). The Kier molecular flexibility index (Phi) is 4.99. The van der Waals surface area contributed by atoms with Crippen LogP contribution < -0.4 is 15.4 Å². The highest BCUT2D eigenvalue weighted by Crippen LogP contribution is 2.44. The quantitative estimate of drug-likeness (QED) is 0.750. The molecule has 2 saturated carbocycles. The fourth-order valence-corrected chi connectivity index (χ4v) is 3.99. The van der Waals surface area contributed by atoms with E-state index in [2.05, 4.69) is 16.7 Å². The molecule has 2 aliphatic carbocycles. The first-order chi connectivity index (χ1) is 11.6. The third-order valence-corrected chi connectivity index (χ3v) is 5.69. The van der Waals surface area contributed by atoms with Gasteiger partial charge < -0.3 is 20.5 Å². The summed E-state index contributed by atoms with van der Waals surface area (Å²) < 4.78 is 5.54. The van der Waals surface area contributed by atoms with Crippen molar-refractivity contribution in [3.05, 3.63) is 29.8 Å². The minimum Gasteiger partial charge on any atom is -0.496 e. The van der Waals surface area contributed by atoms with Crippen molar-refractivity contribution >= 4 is 6.03 Å². The topological polar surface area (TPSA) is 70.6 Å². The highest BCUT2D eigenvalue weighted by atomic mass is 16.5. The molecule has 0 unspecified atom stereocenters. The van der Waals surface area contributed by atoms with Crippen LogP contribution >= 0.6 is 0 Å². The number of amides is 2. The summed E-state index contributed by atoms with van der Waals surface area (Å²) in [5.74, 6) is 0.894. The number of carbonyl (C=O) groups excluding carboxylic acids is 1. The van der Waals surface area contributed by atoms with Gasteiger partial charge in [-0.1, -0.05) is 31.0 Å². The van der Waals surface area contributed by atoms with Crippen molar-refractivity contribution < 1.29 is 14.6 Å². The van der Waals surface area contributed by atoms with Crippen molar-refractivity contribution in [2.45, 2.75) is 56.0 Å². The fraction of sp³-hybridized carbons (Fsp3) is 0.632. The van der Waals surface area contributed by atoms with Crippen molar-refractivity contribution in [3.8, 4) is 5.75 Å². The number of nitrogens with one attached hydrogen (secondary N) is 2. The number of carbonyl (C=O) groups is 1. The molecule has 2 fully saturated rings. The number of aliphatic hydroxyl groups is 1. The lowest BCUT2D eigenvalue weighted by atomic mass is 9.78. The standard InChI is InChI=1S/C19H28N2O3/c1-24-16-8-3-2-7-15(16)18(9-4-5-10-18)13-20-17(22)21-14-19(23)11-6-12-19/h2-3,7-8,23H,4-6,9-14H2,1H3,(H2,20,21,22). The summed E-state index contributed by atoms with van der Waals surface area (Å²) in [6, 6.07) is 7.91. The van der Waals surface area contributed by atoms with Crippen LogP contribution in [0.1, 0.15) is 50.5 Å². The predicted octanol–water partition coefficient (Wildman–Crippen LogP) is 2.72. The lowest BCUT2D eigenvalue weighted by Crippen LogP contribution is -2.51. The molecule has 0 heterocycles. The Morgan fingerprint density at radius 3 is 2.38 bits per heavy atom. The molecule has 0 radical (unpaired) electrons. The lowest BCUT2D eigenvalue weighted by Gasteiger charge is -2.36. The zero-order valence-electron chi connectivity index (χ0n) is 14.4. The molecule has 5 heteroatoms. The Labute approximate surface area is 143 Å². The molecule has 24 heavy (non-hydrogen) atoms. The van der Waals surface area contributed by atoms with Crippen LogP contribution in [0, 0.1) is 0 Å². The van der Waals surface area contributed by atoms with Gasteiger partial charge in [-0.25, -0.2) is 4.79 Å². The van der Waals surface area contributed by atoms with Gasteiger partial charge in [-0.15, -0.1) is 0 Å². The molecule has 2 aliphatic rings. The van der Waals surface area contributed by atoms with E-state index in [1.807, 2.05) is 18.2 Å². The zero-order valence-corrected chi connectivity index (χ0v) is 14.4. The number of methoxy groups -OCH3 is 1. The second-order valence-corrected chi connectivity index (χ2v) is 7.30. The number of hydrogen-bond donors (Lipinski definition) is 3. The van der Waals surface area contributed by atoms with Crippen molar-refractivity contribution in [2.24, 2.45) is 0 Å². The van der Waals surface area contributed by atoms with Gasteiger partial charge in [-0.3, -0.25) is 0 Å². The largest absolute Gasteiger partial charge is 0.496 e. The fourth-order valence-electron chi connectivity index (χ4n) is 3.99. The van der Waals surface area contributed by atoms with E-state index in [0.29, 0.717) is 13.1 Å². The van der Waals surface area contributed by atoms with Crippen molar-refractivity contribution in [2.75, 3.05) is 20.2 Å². The molecule has 1 aromatic carbocycles. The normalized spacial score (nSPS) is 20.9. The van der Waals surface area contributed by atoms with Crippen LogP contribution in [0.3, 0.4) is 0 Å². The third-order valence-electron chi connectivity index (χ3n) is 5.69. The second-order valence-electron chi connectivity index (χ2n) is 7.30. The molecule has 132 valence electrons. The van der Waals surface area contributed by atoms with Gasteiger partial charge in [0.1, 0.15) is 5.75 Å².